The highest BCUT2D eigenvalue weighted by Crippen LogP contribution is 2.29. The summed E-state index contributed by atoms with van der Waals surface area (Å²) >= 11 is 0. The van der Waals surface area contributed by atoms with Crippen molar-refractivity contribution in [2.45, 2.75) is 39.4 Å². The molecule has 0 saturated heterocycles. The molecule has 0 N–H and O–H groups in total. The minimum absolute atomic E-state index is 0.0168. The van der Waals surface area contributed by atoms with E-state index < -0.39 is 11.7 Å². The fourth-order valence-corrected chi connectivity index (χ4v) is 2.45. The van der Waals surface area contributed by atoms with Gasteiger partial charge < -0.3 is 4.90 Å². The first-order chi connectivity index (χ1) is 10.8. The van der Waals surface area contributed by atoms with Crippen LogP contribution in [0.5, 0.6) is 0 Å². The van der Waals surface area contributed by atoms with Crippen LogP contribution in [0.25, 0.3) is 0 Å². The lowest BCUT2D eigenvalue weighted by atomic mass is 10.1. The molecule has 3 nitrogen and oxygen atoms in total. The maximum absolute atomic E-state index is 12.7. The molecule has 0 aliphatic rings. The number of likely N-dealkylation sites (N-methyl/N-ethyl adjacent to an activating group) is 1. The molecule has 0 aliphatic heterocycles. The molecule has 0 aromatic heterocycles. The highest BCUT2D eigenvalue weighted by atomic mass is 19.4. The normalized spacial score (nSPS) is 11.8. The number of halogens is 3. The number of amides is 1. The van der Waals surface area contributed by atoms with Gasteiger partial charge in [0.2, 0.25) is 5.91 Å². The van der Waals surface area contributed by atoms with Gasteiger partial charge in [0, 0.05) is 19.6 Å². The number of alkyl halides is 3. The summed E-state index contributed by atoms with van der Waals surface area (Å²) in [6, 6.07) is 5.23. The van der Waals surface area contributed by atoms with Crippen molar-refractivity contribution in [1.82, 2.24) is 9.80 Å². The minimum Gasteiger partial charge on any atom is -0.342 e. The molecule has 0 bridgehead atoms. The highest BCUT2D eigenvalue weighted by molar-refractivity contribution is 5.78. The lowest BCUT2D eigenvalue weighted by molar-refractivity contribution is -0.137. The van der Waals surface area contributed by atoms with Gasteiger partial charge in [-0.15, -0.1) is 0 Å². The van der Waals surface area contributed by atoms with Crippen LogP contribution in [-0.4, -0.2) is 42.4 Å². The molecule has 23 heavy (non-hydrogen) atoms. The summed E-state index contributed by atoms with van der Waals surface area (Å²) in [5.74, 6) is 0.0168. The molecule has 1 rings (SSSR count). The van der Waals surface area contributed by atoms with Gasteiger partial charge in [0.25, 0.3) is 0 Å². The standard InChI is InChI=1S/C17H25F3N2O/c1-4-9-22(10-5-2)16(23)13-21(3)12-14-7-6-8-15(11-14)17(18,19)20/h6-8,11H,4-5,9-10,12-13H2,1-3H3. The molecule has 1 aromatic carbocycles. The summed E-state index contributed by atoms with van der Waals surface area (Å²) < 4.78 is 38.1. The Balaban J connectivity index is 2.65. The van der Waals surface area contributed by atoms with Gasteiger partial charge in [0.15, 0.2) is 0 Å². The maximum Gasteiger partial charge on any atom is 0.416 e. The molecule has 6 heteroatoms. The van der Waals surface area contributed by atoms with Crippen molar-refractivity contribution < 1.29 is 18.0 Å². The predicted molar refractivity (Wildman–Crippen MR) is 84.9 cm³/mol. The summed E-state index contributed by atoms with van der Waals surface area (Å²) in [4.78, 5) is 15.8. The van der Waals surface area contributed by atoms with Gasteiger partial charge in [-0.05, 0) is 31.5 Å². The Morgan fingerprint density at radius 1 is 1.13 bits per heavy atom. The second kappa shape index (κ2) is 8.91. The smallest absolute Gasteiger partial charge is 0.342 e. The zero-order valence-electron chi connectivity index (χ0n) is 14.0. The Morgan fingerprint density at radius 3 is 2.26 bits per heavy atom. The van der Waals surface area contributed by atoms with E-state index >= 15 is 0 Å². The number of benzene rings is 1. The molecule has 0 saturated carbocycles. The predicted octanol–water partition coefficient (Wildman–Crippen LogP) is 3.79. The van der Waals surface area contributed by atoms with Crippen molar-refractivity contribution in [3.63, 3.8) is 0 Å². The first kappa shape index (κ1) is 19.5. The number of carbonyl (C=O) groups is 1. The van der Waals surface area contributed by atoms with Crippen molar-refractivity contribution in [3.05, 3.63) is 35.4 Å². The van der Waals surface area contributed by atoms with E-state index in [9.17, 15) is 18.0 Å². The lowest BCUT2D eigenvalue weighted by Crippen LogP contribution is -2.39. The van der Waals surface area contributed by atoms with Gasteiger partial charge in [-0.3, -0.25) is 9.69 Å². The van der Waals surface area contributed by atoms with Crippen LogP contribution in [0.15, 0.2) is 24.3 Å². The molecule has 0 spiro atoms. The van der Waals surface area contributed by atoms with Crippen LogP contribution >= 0.6 is 0 Å². The van der Waals surface area contributed by atoms with Gasteiger partial charge in [0.05, 0.1) is 12.1 Å². The molecular formula is C17H25F3N2O. The molecule has 0 unspecified atom stereocenters. The summed E-state index contributed by atoms with van der Waals surface area (Å²) in [6.07, 6.45) is -2.56. The lowest BCUT2D eigenvalue weighted by Gasteiger charge is -2.25. The Bertz CT molecular complexity index is 497. The largest absolute Gasteiger partial charge is 0.416 e. The van der Waals surface area contributed by atoms with E-state index in [2.05, 4.69) is 0 Å². The monoisotopic (exact) mass is 330 g/mol. The van der Waals surface area contributed by atoms with Crippen molar-refractivity contribution in [2.24, 2.45) is 0 Å². The van der Waals surface area contributed by atoms with E-state index in [1.165, 1.54) is 6.07 Å². The van der Waals surface area contributed by atoms with Crippen LogP contribution in [0.4, 0.5) is 13.2 Å². The molecule has 1 amide bonds. The number of rotatable bonds is 8. The van der Waals surface area contributed by atoms with Crippen LogP contribution in [0.1, 0.15) is 37.8 Å². The molecular weight excluding hydrogens is 305 g/mol. The Morgan fingerprint density at radius 2 is 1.74 bits per heavy atom. The Kier molecular flexibility index (Phi) is 7.55. The van der Waals surface area contributed by atoms with E-state index in [-0.39, 0.29) is 12.5 Å². The van der Waals surface area contributed by atoms with Gasteiger partial charge in [0.1, 0.15) is 0 Å². The van der Waals surface area contributed by atoms with Crippen LogP contribution < -0.4 is 0 Å². The molecule has 130 valence electrons. The first-order valence-electron chi connectivity index (χ1n) is 7.90. The van der Waals surface area contributed by atoms with Crippen LogP contribution in [0, 0.1) is 0 Å². The minimum atomic E-state index is -4.34. The molecule has 0 fully saturated rings. The van der Waals surface area contributed by atoms with Gasteiger partial charge in [-0.25, -0.2) is 0 Å². The molecule has 1 aromatic rings. The SMILES string of the molecule is CCCN(CCC)C(=O)CN(C)Cc1cccc(C(F)(F)F)c1. The van der Waals surface area contributed by atoms with Gasteiger partial charge in [-0.1, -0.05) is 32.0 Å². The van der Waals surface area contributed by atoms with Crippen molar-refractivity contribution in [2.75, 3.05) is 26.7 Å². The number of carbonyl (C=O) groups excluding carboxylic acids is 1. The summed E-state index contributed by atoms with van der Waals surface area (Å²) in [6.45, 7) is 5.97. The molecule has 0 heterocycles. The zero-order chi connectivity index (χ0) is 17.5. The number of hydrogen-bond donors (Lipinski definition) is 0. The quantitative estimate of drug-likeness (QED) is 0.724. The summed E-state index contributed by atoms with van der Waals surface area (Å²) in [7, 11) is 1.74. The first-order valence-corrected chi connectivity index (χ1v) is 7.90. The molecule has 0 atom stereocenters. The Hall–Kier alpha value is -1.56. The topological polar surface area (TPSA) is 23.6 Å². The van der Waals surface area contributed by atoms with E-state index in [0.717, 1.165) is 25.0 Å². The van der Waals surface area contributed by atoms with E-state index in [4.69, 9.17) is 0 Å². The maximum atomic E-state index is 12.7. The third kappa shape index (κ3) is 6.60. The van der Waals surface area contributed by atoms with Crippen molar-refractivity contribution >= 4 is 5.91 Å². The average molecular weight is 330 g/mol. The van der Waals surface area contributed by atoms with Crippen molar-refractivity contribution in [3.8, 4) is 0 Å². The third-order valence-electron chi connectivity index (χ3n) is 3.45. The van der Waals surface area contributed by atoms with E-state index in [1.807, 2.05) is 18.7 Å². The second-order valence-electron chi connectivity index (χ2n) is 5.75. The van der Waals surface area contributed by atoms with Gasteiger partial charge in [-0.2, -0.15) is 13.2 Å². The fourth-order valence-electron chi connectivity index (χ4n) is 2.45. The van der Waals surface area contributed by atoms with Crippen molar-refractivity contribution in [1.29, 1.82) is 0 Å². The number of nitrogens with zero attached hydrogens (tertiary/aromatic N) is 2. The fraction of sp³-hybridized carbons (Fsp3) is 0.588. The number of hydrogen-bond acceptors (Lipinski definition) is 2. The highest BCUT2D eigenvalue weighted by Gasteiger charge is 2.30. The Labute approximate surface area is 136 Å². The molecule has 0 aliphatic carbocycles. The summed E-state index contributed by atoms with van der Waals surface area (Å²) in [5, 5.41) is 0. The van der Waals surface area contributed by atoms with Crippen LogP contribution in [0.3, 0.4) is 0 Å². The third-order valence-corrected chi connectivity index (χ3v) is 3.45. The zero-order valence-corrected chi connectivity index (χ0v) is 14.0. The van der Waals surface area contributed by atoms with E-state index in [0.29, 0.717) is 25.2 Å². The second-order valence-corrected chi connectivity index (χ2v) is 5.75. The van der Waals surface area contributed by atoms with Crippen LogP contribution in [0.2, 0.25) is 0 Å². The van der Waals surface area contributed by atoms with E-state index in [1.54, 1.807) is 18.0 Å². The summed E-state index contributed by atoms with van der Waals surface area (Å²) in [5.41, 5.74) is -0.110. The van der Waals surface area contributed by atoms with Gasteiger partial charge >= 0.3 is 6.18 Å². The van der Waals surface area contributed by atoms with Crippen LogP contribution in [-0.2, 0) is 17.5 Å². The average Bonchev–Trinajstić information content (AvgIpc) is 2.46. The molecule has 0 radical (unpaired) electrons.